The van der Waals surface area contributed by atoms with Crippen molar-refractivity contribution in [2.75, 3.05) is 40.4 Å². The molecule has 4 nitrogen and oxygen atoms in total. The average Bonchev–Trinajstić information content (AvgIpc) is 3.13. The zero-order valence-corrected chi connectivity index (χ0v) is 15.1. The molecule has 19 heavy (non-hydrogen) atoms. The summed E-state index contributed by atoms with van der Waals surface area (Å²) < 4.78 is 5.64. The van der Waals surface area contributed by atoms with Crippen molar-refractivity contribution in [3.63, 3.8) is 0 Å². The zero-order chi connectivity index (χ0) is 13.4. The van der Waals surface area contributed by atoms with Crippen LogP contribution in [0.2, 0.25) is 0 Å². The lowest BCUT2D eigenvalue weighted by molar-refractivity contribution is 0.115. The zero-order valence-electron chi connectivity index (χ0n) is 12.8. The summed E-state index contributed by atoms with van der Waals surface area (Å²) in [5.74, 6) is 2.53. The molecule has 5 heteroatoms. The molecule has 0 atom stereocenters. The molecule has 0 spiro atoms. The van der Waals surface area contributed by atoms with Crippen LogP contribution in [-0.2, 0) is 4.74 Å². The minimum absolute atomic E-state index is 0. The molecule has 1 aliphatic carbocycles. The van der Waals surface area contributed by atoms with Crippen LogP contribution in [0.5, 0.6) is 0 Å². The lowest BCUT2D eigenvalue weighted by Gasteiger charge is -2.22. The van der Waals surface area contributed by atoms with Gasteiger partial charge in [-0.05, 0) is 31.1 Å². The van der Waals surface area contributed by atoms with Crippen LogP contribution in [0.1, 0.15) is 33.1 Å². The van der Waals surface area contributed by atoms with E-state index in [4.69, 9.17) is 4.74 Å². The topological polar surface area (TPSA) is 36.9 Å². The van der Waals surface area contributed by atoms with Crippen LogP contribution >= 0.6 is 24.0 Å². The van der Waals surface area contributed by atoms with Gasteiger partial charge in [-0.3, -0.25) is 4.99 Å². The Hall–Kier alpha value is -0.0400. The first-order valence-electron chi connectivity index (χ1n) is 7.13. The highest BCUT2D eigenvalue weighted by Crippen LogP contribution is 2.28. The number of nitrogens with zero attached hydrogens (tertiary/aromatic N) is 2. The molecule has 0 aliphatic heterocycles. The van der Waals surface area contributed by atoms with Crippen molar-refractivity contribution in [2.45, 2.75) is 33.1 Å². The van der Waals surface area contributed by atoms with Crippen LogP contribution in [0.15, 0.2) is 4.99 Å². The molecule has 0 heterocycles. The lowest BCUT2D eigenvalue weighted by atomic mass is 10.1. The fraction of sp³-hybridized carbons (Fsp3) is 0.929. The van der Waals surface area contributed by atoms with Gasteiger partial charge < -0.3 is 15.0 Å². The van der Waals surface area contributed by atoms with Crippen LogP contribution in [0.4, 0.5) is 0 Å². The van der Waals surface area contributed by atoms with E-state index in [-0.39, 0.29) is 24.0 Å². The van der Waals surface area contributed by atoms with Gasteiger partial charge in [0.2, 0.25) is 0 Å². The standard InChI is InChI=1S/C14H29N3O.HI/c1-12(2)7-8-16-14(15-3)17(4)9-10-18-11-13-5-6-13;/h12-13H,5-11H2,1-4H3,(H,15,16);1H. The monoisotopic (exact) mass is 383 g/mol. The van der Waals surface area contributed by atoms with Crippen molar-refractivity contribution in [3.8, 4) is 0 Å². The molecule has 0 unspecified atom stereocenters. The van der Waals surface area contributed by atoms with Gasteiger partial charge in [0.15, 0.2) is 5.96 Å². The minimum atomic E-state index is 0. The van der Waals surface area contributed by atoms with E-state index in [9.17, 15) is 0 Å². The van der Waals surface area contributed by atoms with E-state index in [0.29, 0.717) is 0 Å². The molecule has 1 rings (SSSR count). The number of halogens is 1. The quantitative estimate of drug-likeness (QED) is 0.303. The molecule has 0 aromatic heterocycles. The van der Waals surface area contributed by atoms with Gasteiger partial charge in [0.1, 0.15) is 0 Å². The van der Waals surface area contributed by atoms with E-state index >= 15 is 0 Å². The third kappa shape index (κ3) is 9.49. The second-order valence-electron chi connectivity index (χ2n) is 5.60. The molecule has 1 saturated carbocycles. The van der Waals surface area contributed by atoms with Crippen molar-refractivity contribution in [2.24, 2.45) is 16.8 Å². The first-order chi connectivity index (χ1) is 8.63. The molecule has 0 aromatic carbocycles. The van der Waals surface area contributed by atoms with Gasteiger partial charge in [0.25, 0.3) is 0 Å². The number of guanidine groups is 1. The Morgan fingerprint density at radius 2 is 2.11 bits per heavy atom. The van der Waals surface area contributed by atoms with E-state index in [1.54, 1.807) is 0 Å². The van der Waals surface area contributed by atoms with Crippen LogP contribution in [0, 0.1) is 11.8 Å². The Kier molecular flexibility index (Phi) is 10.7. The van der Waals surface area contributed by atoms with Crippen molar-refractivity contribution in [3.05, 3.63) is 0 Å². The smallest absolute Gasteiger partial charge is 0.193 e. The Balaban J connectivity index is 0.00000324. The normalized spacial score (nSPS) is 15.3. The maximum absolute atomic E-state index is 5.64. The molecule has 0 amide bonds. The van der Waals surface area contributed by atoms with Crippen LogP contribution in [0.3, 0.4) is 0 Å². The van der Waals surface area contributed by atoms with Gasteiger partial charge in [-0.1, -0.05) is 13.8 Å². The number of aliphatic imine (C=N–C) groups is 1. The van der Waals surface area contributed by atoms with Crippen molar-refractivity contribution in [1.29, 1.82) is 0 Å². The van der Waals surface area contributed by atoms with Gasteiger partial charge in [-0.2, -0.15) is 0 Å². The summed E-state index contributed by atoms with van der Waals surface area (Å²) in [6, 6.07) is 0. The van der Waals surface area contributed by atoms with Gasteiger partial charge in [0, 0.05) is 33.8 Å². The summed E-state index contributed by atoms with van der Waals surface area (Å²) in [7, 11) is 3.89. The second kappa shape index (κ2) is 10.7. The SMILES string of the molecule is CN=C(NCCC(C)C)N(C)CCOCC1CC1.I. The van der Waals surface area contributed by atoms with E-state index in [1.165, 1.54) is 19.3 Å². The Morgan fingerprint density at radius 1 is 1.42 bits per heavy atom. The molecule has 0 saturated heterocycles. The van der Waals surface area contributed by atoms with Crippen LogP contribution < -0.4 is 5.32 Å². The predicted molar refractivity (Wildman–Crippen MR) is 92.4 cm³/mol. The number of hydrogen-bond donors (Lipinski definition) is 1. The molecule has 0 bridgehead atoms. The molecule has 0 aromatic rings. The Bertz CT molecular complexity index is 255. The molecule has 1 fully saturated rings. The number of likely N-dealkylation sites (N-methyl/N-ethyl adjacent to an activating group) is 1. The Labute approximate surface area is 135 Å². The summed E-state index contributed by atoms with van der Waals surface area (Å²) in [5, 5.41) is 3.38. The lowest BCUT2D eigenvalue weighted by Crippen LogP contribution is -2.41. The average molecular weight is 383 g/mol. The highest BCUT2D eigenvalue weighted by atomic mass is 127. The summed E-state index contributed by atoms with van der Waals surface area (Å²) >= 11 is 0. The van der Waals surface area contributed by atoms with Gasteiger partial charge in [-0.15, -0.1) is 24.0 Å². The van der Waals surface area contributed by atoms with E-state index in [2.05, 4.69) is 36.1 Å². The van der Waals surface area contributed by atoms with E-state index in [1.807, 2.05) is 7.05 Å². The maximum Gasteiger partial charge on any atom is 0.193 e. The first kappa shape index (κ1) is 19.0. The summed E-state index contributed by atoms with van der Waals surface area (Å²) in [4.78, 5) is 6.42. The number of hydrogen-bond acceptors (Lipinski definition) is 2. The fourth-order valence-electron chi connectivity index (χ4n) is 1.70. The second-order valence-corrected chi connectivity index (χ2v) is 5.60. The first-order valence-corrected chi connectivity index (χ1v) is 7.13. The Morgan fingerprint density at radius 3 is 2.63 bits per heavy atom. The maximum atomic E-state index is 5.64. The largest absolute Gasteiger partial charge is 0.379 e. The van der Waals surface area contributed by atoms with Crippen molar-refractivity contribution in [1.82, 2.24) is 10.2 Å². The summed E-state index contributed by atoms with van der Waals surface area (Å²) in [6.45, 7) is 8.08. The minimum Gasteiger partial charge on any atom is -0.379 e. The van der Waals surface area contributed by atoms with Crippen LogP contribution in [0.25, 0.3) is 0 Å². The number of nitrogens with one attached hydrogen (secondary N) is 1. The number of rotatable bonds is 8. The summed E-state index contributed by atoms with van der Waals surface area (Å²) in [6.07, 6.45) is 3.88. The van der Waals surface area contributed by atoms with Crippen molar-refractivity contribution < 1.29 is 4.74 Å². The molecule has 0 radical (unpaired) electrons. The molecule has 114 valence electrons. The molecular formula is C14H30IN3O. The molecular weight excluding hydrogens is 353 g/mol. The van der Waals surface area contributed by atoms with Crippen LogP contribution in [-0.4, -0.2) is 51.3 Å². The predicted octanol–water partition coefficient (Wildman–Crippen LogP) is 2.58. The van der Waals surface area contributed by atoms with Crippen molar-refractivity contribution >= 4 is 29.9 Å². The molecule has 1 aliphatic rings. The third-order valence-electron chi connectivity index (χ3n) is 3.20. The summed E-state index contributed by atoms with van der Waals surface area (Å²) in [5.41, 5.74) is 0. The molecule has 1 N–H and O–H groups in total. The number of ether oxygens (including phenoxy) is 1. The van der Waals surface area contributed by atoms with Gasteiger partial charge in [-0.25, -0.2) is 0 Å². The third-order valence-corrected chi connectivity index (χ3v) is 3.20. The van der Waals surface area contributed by atoms with Gasteiger partial charge >= 0.3 is 0 Å². The fourth-order valence-corrected chi connectivity index (χ4v) is 1.70. The highest BCUT2D eigenvalue weighted by Gasteiger charge is 2.21. The van der Waals surface area contributed by atoms with Gasteiger partial charge in [0.05, 0.1) is 6.61 Å². The van der Waals surface area contributed by atoms with E-state index in [0.717, 1.165) is 44.1 Å². The highest BCUT2D eigenvalue weighted by molar-refractivity contribution is 14.0. The van der Waals surface area contributed by atoms with E-state index < -0.39 is 0 Å².